The van der Waals surface area contributed by atoms with Crippen LogP contribution in [-0.2, 0) is 0 Å². The molecule has 1 aliphatic heterocycles. The van der Waals surface area contributed by atoms with Crippen LogP contribution < -0.4 is 9.64 Å². The Morgan fingerprint density at radius 2 is 2.04 bits per heavy atom. The molecule has 0 spiro atoms. The number of rotatable bonds is 4. The molecular formula is C21H30N2O. The molecule has 4 atom stereocenters. The van der Waals surface area contributed by atoms with Gasteiger partial charge in [-0.15, -0.1) is 0 Å². The molecule has 3 heteroatoms. The highest BCUT2D eigenvalue weighted by molar-refractivity contribution is 5.60. The number of anilines is 1. The van der Waals surface area contributed by atoms with E-state index in [4.69, 9.17) is 4.74 Å². The number of allylic oxidation sites excluding steroid dienone is 2. The van der Waals surface area contributed by atoms with Gasteiger partial charge in [0.25, 0.3) is 0 Å². The Labute approximate surface area is 146 Å². The molecule has 1 saturated heterocycles. The molecule has 3 aliphatic rings. The second kappa shape index (κ2) is 6.44. The van der Waals surface area contributed by atoms with Crippen LogP contribution in [0.1, 0.15) is 25.3 Å². The predicted octanol–water partition coefficient (Wildman–Crippen LogP) is 3.73. The fraction of sp³-hybridized carbons (Fsp3) is 0.619. The number of hydrogen-bond donors (Lipinski definition) is 0. The van der Waals surface area contributed by atoms with Crippen LogP contribution in [-0.4, -0.2) is 44.2 Å². The zero-order valence-corrected chi connectivity index (χ0v) is 15.2. The van der Waals surface area contributed by atoms with E-state index in [2.05, 4.69) is 54.0 Å². The number of aryl methyl sites for hydroxylation is 1. The summed E-state index contributed by atoms with van der Waals surface area (Å²) in [5, 5.41) is 0. The molecule has 0 N–H and O–H groups in total. The molecule has 4 rings (SSSR count). The lowest BCUT2D eigenvalue weighted by atomic mass is 9.92. The van der Waals surface area contributed by atoms with Gasteiger partial charge in [0.15, 0.2) is 0 Å². The summed E-state index contributed by atoms with van der Waals surface area (Å²) in [4.78, 5) is 5.23. The van der Waals surface area contributed by atoms with Crippen LogP contribution in [0.5, 0.6) is 5.75 Å². The minimum absolute atomic E-state index is 0.604. The average molecular weight is 326 g/mol. The second-order valence-electron chi connectivity index (χ2n) is 8.01. The monoisotopic (exact) mass is 326 g/mol. The van der Waals surface area contributed by atoms with Crippen LogP contribution in [0.25, 0.3) is 0 Å². The summed E-state index contributed by atoms with van der Waals surface area (Å²) in [6.07, 6.45) is 7.77. The fourth-order valence-electron chi connectivity index (χ4n) is 4.94. The molecular weight excluding hydrogens is 296 g/mol. The largest absolute Gasteiger partial charge is 0.495 e. The minimum atomic E-state index is 0.604. The van der Waals surface area contributed by atoms with Crippen LogP contribution in [0.15, 0.2) is 30.4 Å². The number of ether oxygens (including phenoxy) is 1. The van der Waals surface area contributed by atoms with Crippen molar-refractivity contribution < 1.29 is 4.74 Å². The Hall–Kier alpha value is -1.48. The SMILES string of the molecule is COc1ccc(C)cc1N1CCN(CC2CC3C=CC2C3)C(C)C1. The first-order valence-electron chi connectivity index (χ1n) is 9.46. The maximum absolute atomic E-state index is 5.59. The Balaban J connectivity index is 1.41. The van der Waals surface area contributed by atoms with Crippen LogP contribution in [0.2, 0.25) is 0 Å². The number of nitrogens with zero attached hydrogens (tertiary/aromatic N) is 2. The fourth-order valence-corrected chi connectivity index (χ4v) is 4.94. The summed E-state index contributed by atoms with van der Waals surface area (Å²) < 4.78 is 5.59. The standard InChI is InChI=1S/C21H30N2O/c1-15-4-7-21(24-3)20(10-15)23-9-8-22(16(2)13-23)14-19-12-17-5-6-18(19)11-17/h4-7,10,16-19H,8-9,11-14H2,1-3H3. The molecule has 1 aromatic carbocycles. The van der Waals surface area contributed by atoms with E-state index < -0.39 is 0 Å². The minimum Gasteiger partial charge on any atom is -0.495 e. The van der Waals surface area contributed by atoms with Crippen molar-refractivity contribution >= 4 is 5.69 Å². The van der Waals surface area contributed by atoms with Gasteiger partial charge in [-0.1, -0.05) is 18.2 Å². The third-order valence-corrected chi connectivity index (χ3v) is 6.33. The third-order valence-electron chi connectivity index (χ3n) is 6.33. The Kier molecular flexibility index (Phi) is 4.29. The van der Waals surface area contributed by atoms with Crippen molar-refractivity contribution in [2.24, 2.45) is 17.8 Å². The second-order valence-corrected chi connectivity index (χ2v) is 8.01. The number of benzene rings is 1. The van der Waals surface area contributed by atoms with Gasteiger partial charge in [-0.25, -0.2) is 0 Å². The molecule has 24 heavy (non-hydrogen) atoms. The van der Waals surface area contributed by atoms with Gasteiger partial charge in [0.05, 0.1) is 12.8 Å². The first-order chi connectivity index (χ1) is 11.6. The van der Waals surface area contributed by atoms with Gasteiger partial charge in [0.2, 0.25) is 0 Å². The number of piperazine rings is 1. The summed E-state index contributed by atoms with van der Waals surface area (Å²) in [5.41, 5.74) is 2.56. The summed E-state index contributed by atoms with van der Waals surface area (Å²) in [6.45, 7) is 9.18. The van der Waals surface area contributed by atoms with E-state index in [-0.39, 0.29) is 0 Å². The molecule has 0 radical (unpaired) electrons. The molecule has 2 fully saturated rings. The van der Waals surface area contributed by atoms with Gasteiger partial charge in [-0.2, -0.15) is 0 Å². The summed E-state index contributed by atoms with van der Waals surface area (Å²) in [7, 11) is 1.77. The summed E-state index contributed by atoms with van der Waals surface area (Å²) >= 11 is 0. The lowest BCUT2D eigenvalue weighted by Crippen LogP contribution is -2.53. The van der Waals surface area contributed by atoms with Crippen molar-refractivity contribution in [1.29, 1.82) is 0 Å². The lowest BCUT2D eigenvalue weighted by molar-refractivity contribution is 0.151. The van der Waals surface area contributed by atoms with Crippen molar-refractivity contribution in [2.75, 3.05) is 38.2 Å². The lowest BCUT2D eigenvalue weighted by Gasteiger charge is -2.43. The molecule has 130 valence electrons. The Bertz CT molecular complexity index is 626. The predicted molar refractivity (Wildman–Crippen MR) is 99.8 cm³/mol. The van der Waals surface area contributed by atoms with Crippen molar-refractivity contribution in [3.8, 4) is 5.75 Å². The van der Waals surface area contributed by atoms with E-state index in [1.165, 1.54) is 30.6 Å². The van der Waals surface area contributed by atoms with E-state index in [1.807, 2.05) is 0 Å². The van der Waals surface area contributed by atoms with E-state index >= 15 is 0 Å². The van der Waals surface area contributed by atoms with Gasteiger partial charge in [0.1, 0.15) is 5.75 Å². The van der Waals surface area contributed by atoms with Crippen LogP contribution >= 0.6 is 0 Å². The zero-order valence-electron chi connectivity index (χ0n) is 15.2. The van der Waals surface area contributed by atoms with Crippen LogP contribution in [0.3, 0.4) is 0 Å². The van der Waals surface area contributed by atoms with Gasteiger partial charge in [-0.3, -0.25) is 4.90 Å². The van der Waals surface area contributed by atoms with Gasteiger partial charge in [0, 0.05) is 32.2 Å². The van der Waals surface area contributed by atoms with E-state index in [9.17, 15) is 0 Å². The van der Waals surface area contributed by atoms with Crippen molar-refractivity contribution in [3.63, 3.8) is 0 Å². The van der Waals surface area contributed by atoms with Crippen molar-refractivity contribution in [3.05, 3.63) is 35.9 Å². The summed E-state index contributed by atoms with van der Waals surface area (Å²) in [5.74, 6) is 3.63. The molecule has 0 amide bonds. The quantitative estimate of drug-likeness (QED) is 0.784. The highest BCUT2D eigenvalue weighted by atomic mass is 16.5. The van der Waals surface area contributed by atoms with Crippen LogP contribution in [0.4, 0.5) is 5.69 Å². The van der Waals surface area contributed by atoms with Crippen molar-refractivity contribution in [2.45, 2.75) is 32.7 Å². The Morgan fingerprint density at radius 1 is 1.17 bits per heavy atom. The molecule has 2 aliphatic carbocycles. The first kappa shape index (κ1) is 16.0. The normalized spacial score (nSPS) is 32.5. The number of fused-ring (bicyclic) bond motifs is 2. The maximum atomic E-state index is 5.59. The number of methoxy groups -OCH3 is 1. The van der Waals surface area contributed by atoms with E-state index in [0.29, 0.717) is 6.04 Å². The molecule has 1 heterocycles. The van der Waals surface area contributed by atoms with Gasteiger partial charge in [-0.05, 0) is 62.1 Å². The van der Waals surface area contributed by atoms with Gasteiger partial charge < -0.3 is 9.64 Å². The molecule has 3 nitrogen and oxygen atoms in total. The maximum Gasteiger partial charge on any atom is 0.142 e. The average Bonchev–Trinajstić information content (AvgIpc) is 3.19. The first-order valence-corrected chi connectivity index (χ1v) is 9.46. The van der Waals surface area contributed by atoms with E-state index in [0.717, 1.165) is 43.1 Å². The van der Waals surface area contributed by atoms with E-state index in [1.54, 1.807) is 7.11 Å². The molecule has 0 aromatic heterocycles. The zero-order chi connectivity index (χ0) is 16.7. The Morgan fingerprint density at radius 3 is 2.71 bits per heavy atom. The molecule has 1 saturated carbocycles. The third kappa shape index (κ3) is 2.95. The molecule has 4 unspecified atom stereocenters. The summed E-state index contributed by atoms with van der Waals surface area (Å²) in [6, 6.07) is 7.10. The molecule has 2 bridgehead atoms. The number of hydrogen-bond acceptors (Lipinski definition) is 3. The topological polar surface area (TPSA) is 15.7 Å². The van der Waals surface area contributed by atoms with Gasteiger partial charge >= 0.3 is 0 Å². The van der Waals surface area contributed by atoms with Crippen molar-refractivity contribution in [1.82, 2.24) is 4.90 Å². The highest BCUT2D eigenvalue weighted by Crippen LogP contribution is 2.44. The highest BCUT2D eigenvalue weighted by Gasteiger charge is 2.37. The van der Waals surface area contributed by atoms with Crippen LogP contribution in [0, 0.1) is 24.7 Å². The molecule has 1 aromatic rings. The smallest absolute Gasteiger partial charge is 0.142 e.